The minimum absolute atomic E-state index is 0.0257. The van der Waals surface area contributed by atoms with Crippen molar-refractivity contribution in [1.29, 1.82) is 0 Å². The van der Waals surface area contributed by atoms with Gasteiger partial charge in [-0.1, -0.05) is 45.9 Å². The van der Waals surface area contributed by atoms with E-state index in [0.717, 1.165) is 40.6 Å². The van der Waals surface area contributed by atoms with E-state index in [2.05, 4.69) is 15.3 Å². The fourth-order valence-electron chi connectivity index (χ4n) is 3.88. The van der Waals surface area contributed by atoms with Crippen molar-refractivity contribution in [3.63, 3.8) is 0 Å². The van der Waals surface area contributed by atoms with E-state index in [1.807, 2.05) is 45.9 Å². The highest BCUT2D eigenvalue weighted by Crippen LogP contribution is 2.31. The topological polar surface area (TPSA) is 81.1 Å². The standard InChI is InChI=1S/C25H30F3N5O2.C2H6/c1-5-16(3)23(32(4)35)31-20(6-2)24(34)33-13-12-19-17(15-33)8-7-9-21(19)30-22-11-10-18(14-29-22)25(26,27)28;1-2/h6-11,14,16,35H,5,12-13,15H2,1-4H3,(H,29,30);1-2H3/b20-6-,31-23?;. The molecule has 2 N–H and O–H groups in total. The molecule has 1 amide bonds. The summed E-state index contributed by atoms with van der Waals surface area (Å²) in [5.74, 6) is 0.467. The highest BCUT2D eigenvalue weighted by molar-refractivity contribution is 5.97. The van der Waals surface area contributed by atoms with Gasteiger partial charge >= 0.3 is 6.18 Å². The molecule has 0 fully saturated rings. The molecular weight excluding hydrogens is 483 g/mol. The second-order valence-electron chi connectivity index (χ2n) is 8.45. The Morgan fingerprint density at radius 1 is 1.30 bits per heavy atom. The number of allylic oxidation sites excluding steroid dienone is 1. The summed E-state index contributed by atoms with van der Waals surface area (Å²) in [4.78, 5) is 23.3. The van der Waals surface area contributed by atoms with Crippen molar-refractivity contribution in [3.8, 4) is 0 Å². The number of aromatic nitrogens is 1. The number of carbonyl (C=O) groups is 1. The van der Waals surface area contributed by atoms with Gasteiger partial charge in [-0.15, -0.1) is 0 Å². The van der Waals surface area contributed by atoms with Gasteiger partial charge in [-0.25, -0.2) is 15.0 Å². The van der Waals surface area contributed by atoms with Gasteiger partial charge in [0.2, 0.25) is 0 Å². The molecule has 37 heavy (non-hydrogen) atoms. The minimum atomic E-state index is -4.44. The van der Waals surface area contributed by atoms with Crippen LogP contribution in [0.2, 0.25) is 0 Å². The van der Waals surface area contributed by atoms with Crippen LogP contribution in [0.4, 0.5) is 24.7 Å². The van der Waals surface area contributed by atoms with Gasteiger partial charge < -0.3 is 10.2 Å². The van der Waals surface area contributed by atoms with Crippen molar-refractivity contribution in [1.82, 2.24) is 14.9 Å². The lowest BCUT2D eigenvalue weighted by Gasteiger charge is -2.30. The number of hydrogen-bond donors (Lipinski definition) is 2. The number of pyridine rings is 1. The lowest BCUT2D eigenvalue weighted by molar-refractivity contribution is -0.137. The number of hydrogen-bond acceptors (Lipinski definition) is 5. The Hall–Kier alpha value is -3.40. The number of amides is 1. The molecule has 7 nitrogen and oxygen atoms in total. The second kappa shape index (κ2) is 13.2. The molecule has 0 aliphatic carbocycles. The van der Waals surface area contributed by atoms with Crippen molar-refractivity contribution in [3.05, 3.63) is 65.0 Å². The molecule has 1 unspecified atom stereocenters. The van der Waals surface area contributed by atoms with Gasteiger partial charge in [0, 0.05) is 37.9 Å². The molecule has 202 valence electrons. The average molecular weight is 520 g/mol. The van der Waals surface area contributed by atoms with Crippen molar-refractivity contribution in [2.75, 3.05) is 18.9 Å². The molecule has 10 heteroatoms. The largest absolute Gasteiger partial charge is 0.417 e. The van der Waals surface area contributed by atoms with Gasteiger partial charge in [0.05, 0.1) is 5.56 Å². The predicted molar refractivity (Wildman–Crippen MR) is 140 cm³/mol. The predicted octanol–water partition coefficient (Wildman–Crippen LogP) is 6.42. The first-order valence-corrected chi connectivity index (χ1v) is 12.4. The first kappa shape index (κ1) is 29.8. The quantitative estimate of drug-likeness (QED) is 0.199. The molecule has 1 aromatic heterocycles. The maximum atomic E-state index is 13.2. The van der Waals surface area contributed by atoms with Crippen molar-refractivity contribution >= 4 is 23.2 Å². The molecule has 2 heterocycles. The van der Waals surface area contributed by atoms with Gasteiger partial charge in [-0.05, 0) is 49.1 Å². The van der Waals surface area contributed by atoms with Crippen molar-refractivity contribution in [2.24, 2.45) is 10.9 Å². The Labute approximate surface area is 216 Å². The van der Waals surface area contributed by atoms with Crippen LogP contribution in [0.15, 0.2) is 53.3 Å². The Morgan fingerprint density at radius 3 is 2.54 bits per heavy atom. The lowest BCUT2D eigenvalue weighted by atomic mass is 9.97. The van der Waals surface area contributed by atoms with Crippen LogP contribution in [0.1, 0.15) is 57.7 Å². The highest BCUT2D eigenvalue weighted by atomic mass is 19.4. The summed E-state index contributed by atoms with van der Waals surface area (Å²) < 4.78 is 38.4. The van der Waals surface area contributed by atoms with E-state index in [1.165, 1.54) is 13.1 Å². The van der Waals surface area contributed by atoms with Gasteiger partial charge in [0.25, 0.3) is 5.91 Å². The summed E-state index contributed by atoms with van der Waals surface area (Å²) >= 11 is 0. The second-order valence-corrected chi connectivity index (χ2v) is 8.45. The number of nitrogens with one attached hydrogen (secondary N) is 1. The number of nitrogens with zero attached hydrogens (tertiary/aromatic N) is 4. The van der Waals surface area contributed by atoms with Crippen LogP contribution in [0.3, 0.4) is 0 Å². The number of anilines is 2. The Morgan fingerprint density at radius 2 is 2.00 bits per heavy atom. The Balaban J connectivity index is 0.00000235. The zero-order valence-electron chi connectivity index (χ0n) is 22.2. The molecule has 3 rings (SSSR count). The molecule has 1 aliphatic rings. The monoisotopic (exact) mass is 519 g/mol. The molecule has 0 bridgehead atoms. The molecule has 1 atom stereocenters. The zero-order valence-corrected chi connectivity index (χ0v) is 22.2. The van der Waals surface area contributed by atoms with E-state index in [0.29, 0.717) is 31.2 Å². The number of alkyl halides is 3. The van der Waals surface area contributed by atoms with E-state index in [4.69, 9.17) is 0 Å². The first-order chi connectivity index (χ1) is 17.5. The normalized spacial score (nSPS) is 14.8. The number of fused-ring (bicyclic) bond motifs is 1. The molecule has 2 aromatic rings. The summed E-state index contributed by atoms with van der Waals surface area (Å²) in [6.07, 6.45) is -0.683. The number of halogens is 3. The maximum Gasteiger partial charge on any atom is 0.417 e. The van der Waals surface area contributed by atoms with Crippen LogP contribution in [0, 0.1) is 5.92 Å². The Kier molecular flexibility index (Phi) is 10.7. The summed E-state index contributed by atoms with van der Waals surface area (Å²) in [6.45, 7) is 10.5. The van der Waals surface area contributed by atoms with E-state index < -0.39 is 11.7 Å². The number of benzene rings is 1. The molecule has 0 saturated carbocycles. The van der Waals surface area contributed by atoms with Crippen LogP contribution in [0.5, 0.6) is 0 Å². The molecule has 0 spiro atoms. The number of amidine groups is 1. The fourth-order valence-corrected chi connectivity index (χ4v) is 3.88. The SMILES string of the molecule is C/C=C(\N=C(C(C)CC)N(C)O)C(=O)N1CCc2c(cccc2Nc2ccc(C(F)(F)F)cn2)C1.CC. The van der Waals surface area contributed by atoms with Crippen LogP contribution >= 0.6 is 0 Å². The molecular formula is C27H36F3N5O2. The first-order valence-electron chi connectivity index (χ1n) is 12.4. The molecule has 1 aromatic carbocycles. The van der Waals surface area contributed by atoms with Crippen LogP contribution in [0.25, 0.3) is 0 Å². The maximum absolute atomic E-state index is 13.2. The van der Waals surface area contributed by atoms with E-state index in [1.54, 1.807) is 17.9 Å². The number of aliphatic imine (C=N–C) groups is 1. The van der Waals surface area contributed by atoms with E-state index in [9.17, 15) is 23.2 Å². The van der Waals surface area contributed by atoms with Gasteiger partial charge in [0.1, 0.15) is 17.4 Å². The third kappa shape index (κ3) is 7.55. The van der Waals surface area contributed by atoms with Gasteiger partial charge in [0.15, 0.2) is 0 Å². The summed E-state index contributed by atoms with van der Waals surface area (Å²) in [6, 6.07) is 7.87. The number of rotatable bonds is 6. The third-order valence-electron chi connectivity index (χ3n) is 6.02. The fraction of sp³-hybridized carbons (Fsp3) is 0.444. The zero-order chi connectivity index (χ0) is 27.8. The smallest absolute Gasteiger partial charge is 0.340 e. The van der Waals surface area contributed by atoms with Crippen molar-refractivity contribution in [2.45, 2.75) is 60.2 Å². The van der Waals surface area contributed by atoms with E-state index in [-0.39, 0.29) is 17.5 Å². The third-order valence-corrected chi connectivity index (χ3v) is 6.02. The summed E-state index contributed by atoms with van der Waals surface area (Å²) in [5.41, 5.74) is 2.11. The van der Waals surface area contributed by atoms with Crippen LogP contribution in [-0.4, -0.2) is 45.5 Å². The minimum Gasteiger partial charge on any atom is -0.340 e. The highest BCUT2D eigenvalue weighted by Gasteiger charge is 2.31. The van der Waals surface area contributed by atoms with Crippen LogP contribution < -0.4 is 5.32 Å². The molecule has 0 radical (unpaired) electrons. The lowest BCUT2D eigenvalue weighted by Crippen LogP contribution is -2.37. The Bertz CT molecular complexity index is 1110. The van der Waals surface area contributed by atoms with Gasteiger partial charge in [-0.2, -0.15) is 13.2 Å². The summed E-state index contributed by atoms with van der Waals surface area (Å²) in [7, 11) is 1.49. The van der Waals surface area contributed by atoms with Crippen LogP contribution in [-0.2, 0) is 23.9 Å². The van der Waals surface area contributed by atoms with Gasteiger partial charge in [-0.3, -0.25) is 10.0 Å². The molecule has 0 saturated heterocycles. The number of hydroxylamine groups is 2. The van der Waals surface area contributed by atoms with E-state index >= 15 is 0 Å². The molecule has 1 aliphatic heterocycles. The summed E-state index contributed by atoms with van der Waals surface area (Å²) in [5, 5.41) is 14.0. The van der Waals surface area contributed by atoms with Crippen molar-refractivity contribution < 1.29 is 23.2 Å². The number of carbonyl (C=O) groups excluding carboxylic acids is 1. The average Bonchev–Trinajstić information content (AvgIpc) is 2.89.